The fourth-order valence-electron chi connectivity index (χ4n) is 1.35. The maximum absolute atomic E-state index is 12.5. The quantitative estimate of drug-likeness (QED) is 0.725. The second-order valence-electron chi connectivity index (χ2n) is 3.46. The standard InChI is InChI=1S/C9H10F3N3/c1-5(2)15-6(3)7(4-13)8(14-15)9(10,11)12/h5H,1-3H3. The highest BCUT2D eigenvalue weighted by atomic mass is 19.4. The molecule has 0 amide bonds. The molecule has 0 radical (unpaired) electrons. The summed E-state index contributed by atoms with van der Waals surface area (Å²) in [5, 5.41) is 12.1. The first-order valence-corrected chi connectivity index (χ1v) is 4.35. The molecule has 0 aromatic carbocycles. The van der Waals surface area contributed by atoms with E-state index in [2.05, 4.69) is 5.10 Å². The normalized spacial score (nSPS) is 11.9. The molecule has 0 spiro atoms. The van der Waals surface area contributed by atoms with Crippen LogP contribution >= 0.6 is 0 Å². The van der Waals surface area contributed by atoms with E-state index in [1.54, 1.807) is 19.9 Å². The van der Waals surface area contributed by atoms with Gasteiger partial charge < -0.3 is 0 Å². The van der Waals surface area contributed by atoms with E-state index in [0.717, 1.165) is 0 Å². The van der Waals surface area contributed by atoms with Crippen LogP contribution < -0.4 is 0 Å². The van der Waals surface area contributed by atoms with Gasteiger partial charge in [-0.1, -0.05) is 0 Å². The van der Waals surface area contributed by atoms with Crippen molar-refractivity contribution in [1.82, 2.24) is 9.78 Å². The lowest BCUT2D eigenvalue weighted by atomic mass is 10.2. The first kappa shape index (κ1) is 11.6. The smallest absolute Gasteiger partial charge is 0.265 e. The molecule has 0 aliphatic carbocycles. The summed E-state index contributed by atoms with van der Waals surface area (Å²) in [6.45, 7) is 4.88. The maximum Gasteiger partial charge on any atom is 0.436 e. The van der Waals surface area contributed by atoms with Crippen molar-refractivity contribution in [2.24, 2.45) is 0 Å². The molecule has 1 heterocycles. The van der Waals surface area contributed by atoms with Gasteiger partial charge in [0.2, 0.25) is 0 Å². The Hall–Kier alpha value is -1.51. The minimum Gasteiger partial charge on any atom is -0.265 e. The summed E-state index contributed by atoms with van der Waals surface area (Å²) in [4.78, 5) is 0. The summed E-state index contributed by atoms with van der Waals surface area (Å²) in [6, 6.07) is 1.34. The average molecular weight is 217 g/mol. The lowest BCUT2D eigenvalue weighted by Gasteiger charge is -2.07. The third-order valence-corrected chi connectivity index (χ3v) is 2.02. The van der Waals surface area contributed by atoms with Gasteiger partial charge in [-0.05, 0) is 20.8 Å². The second-order valence-corrected chi connectivity index (χ2v) is 3.46. The summed E-state index contributed by atoms with van der Waals surface area (Å²) in [7, 11) is 0. The van der Waals surface area contributed by atoms with Crippen LogP contribution in [0.3, 0.4) is 0 Å². The molecule has 15 heavy (non-hydrogen) atoms. The number of nitriles is 1. The van der Waals surface area contributed by atoms with Gasteiger partial charge in [0.1, 0.15) is 11.6 Å². The van der Waals surface area contributed by atoms with Crippen molar-refractivity contribution >= 4 is 0 Å². The molecular formula is C9H10F3N3. The Morgan fingerprint density at radius 1 is 1.40 bits per heavy atom. The van der Waals surface area contributed by atoms with Crippen molar-refractivity contribution < 1.29 is 13.2 Å². The van der Waals surface area contributed by atoms with Crippen LogP contribution in [0.5, 0.6) is 0 Å². The van der Waals surface area contributed by atoms with E-state index in [9.17, 15) is 13.2 Å². The molecule has 1 aromatic heterocycles. The van der Waals surface area contributed by atoms with Crippen molar-refractivity contribution in [3.63, 3.8) is 0 Å². The summed E-state index contributed by atoms with van der Waals surface area (Å²) in [6.07, 6.45) is -4.57. The molecular weight excluding hydrogens is 207 g/mol. The van der Waals surface area contributed by atoms with Crippen LogP contribution in [0.1, 0.15) is 36.8 Å². The summed E-state index contributed by atoms with van der Waals surface area (Å²) in [5.74, 6) is 0. The molecule has 0 unspecified atom stereocenters. The topological polar surface area (TPSA) is 41.6 Å². The Labute approximate surface area is 85.1 Å². The molecule has 0 aliphatic rings. The largest absolute Gasteiger partial charge is 0.436 e. The lowest BCUT2D eigenvalue weighted by molar-refractivity contribution is -0.141. The van der Waals surface area contributed by atoms with E-state index in [0.29, 0.717) is 0 Å². The van der Waals surface area contributed by atoms with Gasteiger partial charge in [0.05, 0.1) is 5.69 Å². The van der Waals surface area contributed by atoms with E-state index in [-0.39, 0.29) is 11.7 Å². The minimum absolute atomic E-state index is 0.201. The molecule has 0 saturated carbocycles. The van der Waals surface area contributed by atoms with E-state index in [4.69, 9.17) is 5.26 Å². The Morgan fingerprint density at radius 2 is 1.93 bits per heavy atom. The highest BCUT2D eigenvalue weighted by molar-refractivity contribution is 5.39. The molecule has 0 aliphatic heterocycles. The number of hydrogen-bond acceptors (Lipinski definition) is 2. The second kappa shape index (κ2) is 3.57. The average Bonchev–Trinajstić information content (AvgIpc) is 2.41. The Morgan fingerprint density at radius 3 is 2.20 bits per heavy atom. The third kappa shape index (κ3) is 1.96. The molecule has 82 valence electrons. The van der Waals surface area contributed by atoms with Gasteiger partial charge in [0.15, 0.2) is 5.69 Å². The summed E-state index contributed by atoms with van der Waals surface area (Å²) < 4.78 is 38.6. The number of alkyl halides is 3. The summed E-state index contributed by atoms with van der Waals surface area (Å²) in [5.41, 5.74) is -1.24. The van der Waals surface area contributed by atoms with Gasteiger partial charge in [-0.25, -0.2) is 0 Å². The van der Waals surface area contributed by atoms with Crippen molar-refractivity contribution in [2.75, 3.05) is 0 Å². The number of aromatic nitrogens is 2. The van der Waals surface area contributed by atoms with E-state index < -0.39 is 17.4 Å². The van der Waals surface area contributed by atoms with Gasteiger partial charge in [-0.15, -0.1) is 0 Å². The predicted molar refractivity (Wildman–Crippen MR) is 47.1 cm³/mol. The maximum atomic E-state index is 12.5. The van der Waals surface area contributed by atoms with Crippen LogP contribution in [0.15, 0.2) is 0 Å². The third-order valence-electron chi connectivity index (χ3n) is 2.02. The van der Waals surface area contributed by atoms with Crippen molar-refractivity contribution in [3.05, 3.63) is 17.0 Å². The SMILES string of the molecule is Cc1c(C#N)c(C(F)(F)F)nn1C(C)C. The predicted octanol–water partition coefficient (Wildman–Crippen LogP) is 2.66. The highest BCUT2D eigenvalue weighted by Gasteiger charge is 2.38. The molecule has 1 aromatic rings. The zero-order valence-corrected chi connectivity index (χ0v) is 8.55. The van der Waals surface area contributed by atoms with Gasteiger partial charge in [0, 0.05) is 6.04 Å². The number of nitrogens with zero attached hydrogens (tertiary/aromatic N) is 3. The molecule has 0 fully saturated rings. The number of hydrogen-bond donors (Lipinski definition) is 0. The van der Waals surface area contributed by atoms with Crippen LogP contribution in [0.25, 0.3) is 0 Å². The monoisotopic (exact) mass is 217 g/mol. The first-order chi connectivity index (χ1) is 6.79. The van der Waals surface area contributed by atoms with Gasteiger partial charge in [-0.3, -0.25) is 4.68 Å². The van der Waals surface area contributed by atoms with E-state index in [1.807, 2.05) is 0 Å². The van der Waals surface area contributed by atoms with Crippen molar-refractivity contribution in [3.8, 4) is 6.07 Å². The van der Waals surface area contributed by atoms with Crippen LogP contribution in [-0.2, 0) is 6.18 Å². The molecule has 0 saturated heterocycles. The van der Waals surface area contributed by atoms with Crippen molar-refractivity contribution in [1.29, 1.82) is 5.26 Å². The zero-order chi connectivity index (χ0) is 11.8. The fourth-order valence-corrected chi connectivity index (χ4v) is 1.35. The Balaban J connectivity index is 3.43. The van der Waals surface area contributed by atoms with Crippen LogP contribution in [-0.4, -0.2) is 9.78 Å². The van der Waals surface area contributed by atoms with Gasteiger partial charge in [0.25, 0.3) is 0 Å². The van der Waals surface area contributed by atoms with Crippen molar-refractivity contribution in [2.45, 2.75) is 33.0 Å². The minimum atomic E-state index is -4.57. The summed E-state index contributed by atoms with van der Waals surface area (Å²) >= 11 is 0. The number of halogens is 3. The fraction of sp³-hybridized carbons (Fsp3) is 0.556. The van der Waals surface area contributed by atoms with Crippen LogP contribution in [0, 0.1) is 18.3 Å². The highest BCUT2D eigenvalue weighted by Crippen LogP contribution is 2.32. The lowest BCUT2D eigenvalue weighted by Crippen LogP contribution is -2.10. The Kier molecular flexibility index (Phi) is 2.75. The molecule has 0 bridgehead atoms. The van der Waals surface area contributed by atoms with Crippen LogP contribution in [0.4, 0.5) is 13.2 Å². The van der Waals surface area contributed by atoms with E-state index >= 15 is 0 Å². The molecule has 6 heteroatoms. The molecule has 1 rings (SSSR count). The molecule has 0 N–H and O–H groups in total. The van der Waals surface area contributed by atoms with E-state index in [1.165, 1.54) is 11.6 Å². The zero-order valence-electron chi connectivity index (χ0n) is 8.55. The molecule has 0 atom stereocenters. The Bertz CT molecular complexity index is 409. The first-order valence-electron chi connectivity index (χ1n) is 4.35. The number of rotatable bonds is 1. The van der Waals surface area contributed by atoms with Crippen LogP contribution in [0.2, 0.25) is 0 Å². The van der Waals surface area contributed by atoms with Gasteiger partial charge >= 0.3 is 6.18 Å². The van der Waals surface area contributed by atoms with Gasteiger partial charge in [-0.2, -0.15) is 23.5 Å². The molecule has 3 nitrogen and oxygen atoms in total.